The SMILES string of the molecule is CNC(=O)[C@H]1O[C@@H](C)C(O)[C@H]1N. The van der Waals surface area contributed by atoms with Gasteiger partial charge in [0.1, 0.15) is 0 Å². The molecular weight excluding hydrogens is 160 g/mol. The normalized spacial score (nSPS) is 41.3. The summed E-state index contributed by atoms with van der Waals surface area (Å²) in [6.07, 6.45) is -1.85. The fourth-order valence-corrected chi connectivity index (χ4v) is 1.27. The van der Waals surface area contributed by atoms with Crippen LogP contribution in [-0.4, -0.2) is 42.4 Å². The van der Waals surface area contributed by atoms with Crippen molar-refractivity contribution >= 4 is 5.91 Å². The highest BCUT2D eigenvalue weighted by Gasteiger charge is 2.42. The number of carbonyl (C=O) groups excluding carboxylic acids is 1. The molecule has 0 aromatic heterocycles. The second kappa shape index (κ2) is 3.38. The lowest BCUT2D eigenvalue weighted by molar-refractivity contribution is -0.131. The van der Waals surface area contributed by atoms with Crippen molar-refractivity contribution in [2.45, 2.75) is 31.3 Å². The lowest BCUT2D eigenvalue weighted by atomic mass is 10.1. The smallest absolute Gasteiger partial charge is 0.250 e. The average Bonchev–Trinajstić information content (AvgIpc) is 2.32. The highest BCUT2D eigenvalue weighted by molar-refractivity contribution is 5.81. The second-order valence-corrected chi connectivity index (χ2v) is 2.94. The summed E-state index contributed by atoms with van der Waals surface area (Å²) in [6, 6.07) is -0.625. The average molecular weight is 174 g/mol. The first-order valence-corrected chi connectivity index (χ1v) is 3.88. The summed E-state index contributed by atoms with van der Waals surface area (Å²) >= 11 is 0. The van der Waals surface area contributed by atoms with E-state index in [4.69, 9.17) is 10.5 Å². The number of hydrogen-bond acceptors (Lipinski definition) is 4. The molecule has 70 valence electrons. The Morgan fingerprint density at radius 2 is 2.25 bits per heavy atom. The van der Waals surface area contributed by atoms with E-state index in [9.17, 15) is 9.90 Å². The van der Waals surface area contributed by atoms with Gasteiger partial charge in [0, 0.05) is 7.05 Å². The quantitative estimate of drug-likeness (QED) is 0.438. The number of likely N-dealkylation sites (N-methyl/N-ethyl adjacent to an activating group) is 1. The number of amides is 1. The summed E-state index contributed by atoms with van der Waals surface area (Å²) in [6.45, 7) is 1.69. The van der Waals surface area contributed by atoms with E-state index in [0.717, 1.165) is 0 Å². The van der Waals surface area contributed by atoms with Crippen LogP contribution in [0.2, 0.25) is 0 Å². The topological polar surface area (TPSA) is 84.6 Å². The van der Waals surface area contributed by atoms with Gasteiger partial charge in [0.2, 0.25) is 0 Å². The molecular formula is C7H14N2O3. The number of nitrogens with two attached hydrogens (primary N) is 1. The van der Waals surface area contributed by atoms with E-state index >= 15 is 0 Å². The highest BCUT2D eigenvalue weighted by Crippen LogP contribution is 2.18. The van der Waals surface area contributed by atoms with Crippen molar-refractivity contribution < 1.29 is 14.6 Å². The molecule has 1 fully saturated rings. The number of aliphatic hydroxyl groups is 1. The number of aliphatic hydroxyl groups excluding tert-OH is 1. The zero-order valence-electron chi connectivity index (χ0n) is 7.15. The van der Waals surface area contributed by atoms with Gasteiger partial charge in [0.05, 0.1) is 18.2 Å². The molecule has 0 bridgehead atoms. The van der Waals surface area contributed by atoms with Crippen molar-refractivity contribution in [1.82, 2.24) is 5.32 Å². The largest absolute Gasteiger partial charge is 0.389 e. The Labute approximate surface area is 70.9 Å². The predicted octanol–water partition coefficient (Wildman–Crippen LogP) is -1.79. The third-order valence-corrected chi connectivity index (χ3v) is 2.09. The highest BCUT2D eigenvalue weighted by atomic mass is 16.5. The number of rotatable bonds is 1. The molecule has 1 aliphatic rings. The van der Waals surface area contributed by atoms with Crippen LogP contribution in [-0.2, 0) is 9.53 Å². The molecule has 5 nitrogen and oxygen atoms in total. The molecule has 1 amide bonds. The van der Waals surface area contributed by atoms with Crippen molar-refractivity contribution in [3.63, 3.8) is 0 Å². The molecule has 4 N–H and O–H groups in total. The number of ether oxygens (including phenoxy) is 1. The molecule has 1 saturated heterocycles. The summed E-state index contributed by atoms with van der Waals surface area (Å²) < 4.78 is 5.15. The minimum absolute atomic E-state index is 0.286. The molecule has 0 spiro atoms. The van der Waals surface area contributed by atoms with Crippen LogP contribution >= 0.6 is 0 Å². The van der Waals surface area contributed by atoms with Crippen LogP contribution < -0.4 is 11.1 Å². The van der Waals surface area contributed by atoms with Crippen molar-refractivity contribution in [1.29, 1.82) is 0 Å². The molecule has 12 heavy (non-hydrogen) atoms. The van der Waals surface area contributed by atoms with Gasteiger partial charge >= 0.3 is 0 Å². The Balaban J connectivity index is 2.64. The maximum absolute atomic E-state index is 11.1. The van der Waals surface area contributed by atoms with Crippen molar-refractivity contribution in [2.24, 2.45) is 5.73 Å². The van der Waals surface area contributed by atoms with Crippen LogP contribution in [0.1, 0.15) is 6.92 Å². The zero-order valence-corrected chi connectivity index (χ0v) is 7.15. The molecule has 0 radical (unpaired) electrons. The van der Waals surface area contributed by atoms with Gasteiger partial charge in [-0.3, -0.25) is 4.79 Å². The van der Waals surface area contributed by atoms with E-state index in [0.29, 0.717) is 0 Å². The van der Waals surface area contributed by atoms with Crippen LogP contribution in [0.15, 0.2) is 0 Å². The van der Waals surface area contributed by atoms with Gasteiger partial charge in [-0.25, -0.2) is 0 Å². The zero-order chi connectivity index (χ0) is 9.30. The Morgan fingerprint density at radius 1 is 1.67 bits per heavy atom. The molecule has 1 unspecified atom stereocenters. The van der Waals surface area contributed by atoms with E-state index in [2.05, 4.69) is 5.32 Å². The van der Waals surface area contributed by atoms with Crippen LogP contribution in [0.25, 0.3) is 0 Å². The van der Waals surface area contributed by atoms with Crippen molar-refractivity contribution in [2.75, 3.05) is 7.05 Å². The van der Waals surface area contributed by atoms with Crippen molar-refractivity contribution in [3.8, 4) is 0 Å². The lowest BCUT2D eigenvalue weighted by Crippen LogP contribution is -2.46. The van der Waals surface area contributed by atoms with E-state index < -0.39 is 18.2 Å². The summed E-state index contributed by atoms with van der Waals surface area (Å²) in [4.78, 5) is 11.1. The Bertz CT molecular complexity index is 185. The van der Waals surface area contributed by atoms with Gasteiger partial charge in [-0.05, 0) is 6.92 Å². The van der Waals surface area contributed by atoms with Gasteiger partial charge in [-0.2, -0.15) is 0 Å². The van der Waals surface area contributed by atoms with Gasteiger partial charge in [-0.1, -0.05) is 0 Å². The number of hydrogen-bond donors (Lipinski definition) is 3. The van der Waals surface area contributed by atoms with E-state index in [1.165, 1.54) is 7.05 Å². The van der Waals surface area contributed by atoms with Gasteiger partial charge in [-0.15, -0.1) is 0 Å². The summed E-state index contributed by atoms with van der Waals surface area (Å²) in [7, 11) is 1.51. The number of nitrogens with one attached hydrogen (secondary N) is 1. The standard InChI is InChI=1S/C7H14N2O3/c1-3-5(10)4(8)6(12-3)7(11)9-2/h3-6,10H,8H2,1-2H3,(H,9,11)/t3-,4+,5?,6-/m0/s1. The fourth-order valence-electron chi connectivity index (χ4n) is 1.27. The maximum Gasteiger partial charge on any atom is 0.250 e. The Kier molecular flexibility index (Phi) is 2.66. The molecule has 4 atom stereocenters. The van der Waals surface area contributed by atoms with Gasteiger partial charge < -0.3 is 20.9 Å². The summed E-state index contributed by atoms with van der Waals surface area (Å²) in [5.74, 6) is -0.286. The first kappa shape index (κ1) is 9.44. The van der Waals surface area contributed by atoms with E-state index in [-0.39, 0.29) is 12.0 Å². The maximum atomic E-state index is 11.1. The molecule has 0 aromatic carbocycles. The van der Waals surface area contributed by atoms with E-state index in [1.807, 2.05) is 0 Å². The molecule has 1 rings (SSSR count). The third kappa shape index (κ3) is 1.43. The predicted molar refractivity (Wildman–Crippen MR) is 42.4 cm³/mol. The molecule has 0 saturated carbocycles. The van der Waals surface area contributed by atoms with Crippen LogP contribution in [0.3, 0.4) is 0 Å². The van der Waals surface area contributed by atoms with Crippen LogP contribution in [0.5, 0.6) is 0 Å². The molecule has 0 aliphatic carbocycles. The molecule has 1 aliphatic heterocycles. The molecule has 1 heterocycles. The minimum Gasteiger partial charge on any atom is -0.389 e. The van der Waals surface area contributed by atoms with Crippen LogP contribution in [0.4, 0.5) is 0 Å². The third-order valence-electron chi connectivity index (χ3n) is 2.09. The fraction of sp³-hybridized carbons (Fsp3) is 0.857. The summed E-state index contributed by atoms with van der Waals surface area (Å²) in [5, 5.41) is 11.8. The van der Waals surface area contributed by atoms with E-state index in [1.54, 1.807) is 6.92 Å². The monoisotopic (exact) mass is 174 g/mol. The molecule has 0 aromatic rings. The van der Waals surface area contributed by atoms with Gasteiger partial charge in [0.25, 0.3) is 5.91 Å². The van der Waals surface area contributed by atoms with Crippen molar-refractivity contribution in [3.05, 3.63) is 0 Å². The van der Waals surface area contributed by atoms with Gasteiger partial charge in [0.15, 0.2) is 6.10 Å². The molecule has 5 heteroatoms. The second-order valence-electron chi connectivity index (χ2n) is 2.94. The minimum atomic E-state index is -0.757. The number of carbonyl (C=O) groups is 1. The summed E-state index contributed by atoms with van der Waals surface area (Å²) in [5.41, 5.74) is 5.55. The Morgan fingerprint density at radius 3 is 2.58 bits per heavy atom. The van der Waals surface area contributed by atoms with Crippen LogP contribution in [0, 0.1) is 0 Å². The Hall–Kier alpha value is -0.650. The first-order chi connectivity index (χ1) is 5.57. The first-order valence-electron chi connectivity index (χ1n) is 3.88. The lowest BCUT2D eigenvalue weighted by Gasteiger charge is -2.13.